The maximum absolute atomic E-state index is 12.5. The molecule has 1 aliphatic carbocycles. The zero-order valence-electron chi connectivity index (χ0n) is 10.1. The number of hydrogen-bond acceptors (Lipinski definition) is 2. The zero-order valence-corrected chi connectivity index (χ0v) is 13.3. The Morgan fingerprint density at radius 3 is 2.53 bits per heavy atom. The van der Waals surface area contributed by atoms with Gasteiger partial charge in [-0.2, -0.15) is 0 Å². The summed E-state index contributed by atoms with van der Waals surface area (Å²) in [5, 5.41) is 8.75. The second-order valence-corrected chi connectivity index (χ2v) is 6.27. The molecular formula is C13H13Br2NO3. The predicted octanol–water partition coefficient (Wildman–Crippen LogP) is 3.29. The first-order valence-corrected chi connectivity index (χ1v) is 7.55. The number of carboxylic acids is 1. The highest BCUT2D eigenvalue weighted by atomic mass is 79.9. The molecule has 0 heterocycles. The van der Waals surface area contributed by atoms with Crippen molar-refractivity contribution in [2.24, 2.45) is 0 Å². The van der Waals surface area contributed by atoms with Crippen molar-refractivity contribution in [3.63, 3.8) is 0 Å². The predicted molar refractivity (Wildman–Crippen MR) is 78.2 cm³/mol. The third kappa shape index (κ3) is 3.79. The molecule has 4 nitrogen and oxygen atoms in total. The molecule has 1 amide bonds. The smallest absolute Gasteiger partial charge is 0.305 e. The summed E-state index contributed by atoms with van der Waals surface area (Å²) in [6.45, 7) is 0.265. The first-order chi connectivity index (χ1) is 8.99. The Morgan fingerprint density at radius 2 is 2.00 bits per heavy atom. The van der Waals surface area contributed by atoms with Crippen molar-refractivity contribution in [2.45, 2.75) is 25.3 Å². The van der Waals surface area contributed by atoms with Crippen LogP contribution in [0, 0.1) is 0 Å². The van der Waals surface area contributed by atoms with Gasteiger partial charge < -0.3 is 10.0 Å². The van der Waals surface area contributed by atoms with E-state index in [1.54, 1.807) is 17.0 Å². The average molecular weight is 391 g/mol. The van der Waals surface area contributed by atoms with E-state index in [1.165, 1.54) is 0 Å². The Labute approximate surface area is 128 Å². The van der Waals surface area contributed by atoms with Crippen LogP contribution < -0.4 is 0 Å². The molecule has 0 radical (unpaired) electrons. The molecule has 0 aliphatic heterocycles. The molecule has 1 aliphatic rings. The van der Waals surface area contributed by atoms with Gasteiger partial charge in [0.25, 0.3) is 5.91 Å². The third-order valence-corrected chi connectivity index (χ3v) is 4.13. The van der Waals surface area contributed by atoms with Gasteiger partial charge >= 0.3 is 5.97 Å². The van der Waals surface area contributed by atoms with E-state index < -0.39 is 5.97 Å². The minimum Gasteiger partial charge on any atom is -0.481 e. The van der Waals surface area contributed by atoms with Crippen LogP contribution in [0.15, 0.2) is 27.1 Å². The summed E-state index contributed by atoms with van der Waals surface area (Å²) >= 11 is 6.71. The number of halogens is 2. The fraction of sp³-hybridized carbons (Fsp3) is 0.385. The summed E-state index contributed by atoms with van der Waals surface area (Å²) < 4.78 is 1.60. The van der Waals surface area contributed by atoms with E-state index in [2.05, 4.69) is 31.9 Å². The van der Waals surface area contributed by atoms with Crippen LogP contribution in [0.1, 0.15) is 29.6 Å². The standard InChI is InChI=1S/C13H13Br2NO3/c14-8-1-4-10(11(15)7-8)13(19)16(9-2-3-9)6-5-12(17)18/h1,4,7,9H,2-3,5-6H2,(H,17,18). The lowest BCUT2D eigenvalue weighted by Crippen LogP contribution is -2.35. The molecule has 0 saturated heterocycles. The second-order valence-electron chi connectivity index (χ2n) is 4.50. The second kappa shape index (κ2) is 6.05. The molecule has 1 fully saturated rings. The van der Waals surface area contributed by atoms with Crippen LogP contribution in [-0.2, 0) is 4.79 Å². The van der Waals surface area contributed by atoms with Gasteiger partial charge in [-0.05, 0) is 47.0 Å². The molecule has 0 bridgehead atoms. The molecule has 1 saturated carbocycles. The molecule has 0 spiro atoms. The van der Waals surface area contributed by atoms with Gasteiger partial charge in [-0.1, -0.05) is 15.9 Å². The largest absolute Gasteiger partial charge is 0.481 e. The van der Waals surface area contributed by atoms with Gasteiger partial charge in [-0.25, -0.2) is 0 Å². The maximum atomic E-state index is 12.5. The molecule has 19 heavy (non-hydrogen) atoms. The number of nitrogens with zero attached hydrogens (tertiary/aromatic N) is 1. The zero-order chi connectivity index (χ0) is 14.0. The van der Waals surface area contributed by atoms with Crippen LogP contribution in [0.4, 0.5) is 0 Å². The van der Waals surface area contributed by atoms with Crippen molar-refractivity contribution in [1.29, 1.82) is 0 Å². The maximum Gasteiger partial charge on any atom is 0.305 e. The summed E-state index contributed by atoms with van der Waals surface area (Å²) in [7, 11) is 0. The van der Waals surface area contributed by atoms with Crippen molar-refractivity contribution in [3.8, 4) is 0 Å². The lowest BCUT2D eigenvalue weighted by Gasteiger charge is -2.22. The number of hydrogen-bond donors (Lipinski definition) is 1. The van der Waals surface area contributed by atoms with Gasteiger partial charge in [0.1, 0.15) is 0 Å². The lowest BCUT2D eigenvalue weighted by atomic mass is 10.2. The molecule has 0 atom stereocenters. The molecule has 1 aromatic carbocycles. The Kier molecular flexibility index (Phi) is 4.62. The normalized spacial score (nSPS) is 14.2. The van der Waals surface area contributed by atoms with Crippen LogP contribution in [0.3, 0.4) is 0 Å². The first-order valence-electron chi connectivity index (χ1n) is 5.97. The molecular weight excluding hydrogens is 378 g/mol. The highest BCUT2D eigenvalue weighted by Crippen LogP contribution is 2.30. The summed E-state index contributed by atoms with van der Waals surface area (Å²) in [5.41, 5.74) is 0.570. The summed E-state index contributed by atoms with van der Waals surface area (Å²) in [6, 6.07) is 5.56. The van der Waals surface area contributed by atoms with Crippen LogP contribution in [-0.4, -0.2) is 34.5 Å². The summed E-state index contributed by atoms with van der Waals surface area (Å²) in [5.74, 6) is -0.989. The fourth-order valence-corrected chi connectivity index (χ4v) is 3.09. The van der Waals surface area contributed by atoms with Crippen molar-refractivity contribution in [1.82, 2.24) is 4.90 Å². The van der Waals surface area contributed by atoms with Gasteiger partial charge in [-0.15, -0.1) is 0 Å². The number of carbonyl (C=O) groups excluding carboxylic acids is 1. The summed E-state index contributed by atoms with van der Waals surface area (Å²) in [4.78, 5) is 24.8. The van der Waals surface area contributed by atoms with Crippen molar-refractivity contribution in [3.05, 3.63) is 32.7 Å². The van der Waals surface area contributed by atoms with E-state index in [9.17, 15) is 9.59 Å². The van der Waals surface area contributed by atoms with Gasteiger partial charge in [0.05, 0.1) is 12.0 Å². The molecule has 1 aromatic rings. The Morgan fingerprint density at radius 1 is 1.32 bits per heavy atom. The van der Waals surface area contributed by atoms with E-state index in [-0.39, 0.29) is 24.9 Å². The minimum atomic E-state index is -0.881. The average Bonchev–Trinajstić information content (AvgIpc) is 3.13. The van der Waals surface area contributed by atoms with Gasteiger partial charge in [0.2, 0.25) is 0 Å². The number of carbonyl (C=O) groups is 2. The van der Waals surface area contributed by atoms with E-state index in [1.807, 2.05) is 6.07 Å². The van der Waals surface area contributed by atoms with Crippen molar-refractivity contribution in [2.75, 3.05) is 6.54 Å². The van der Waals surface area contributed by atoms with Crippen LogP contribution in [0.5, 0.6) is 0 Å². The van der Waals surface area contributed by atoms with Crippen LogP contribution >= 0.6 is 31.9 Å². The van der Waals surface area contributed by atoms with Gasteiger partial charge in [0, 0.05) is 21.5 Å². The SMILES string of the molecule is O=C(O)CCN(C(=O)c1ccc(Br)cc1Br)C1CC1. The van der Waals surface area contributed by atoms with E-state index in [0.29, 0.717) is 10.0 Å². The lowest BCUT2D eigenvalue weighted by molar-refractivity contribution is -0.137. The van der Waals surface area contributed by atoms with E-state index in [4.69, 9.17) is 5.11 Å². The third-order valence-electron chi connectivity index (χ3n) is 2.98. The first kappa shape index (κ1) is 14.5. The minimum absolute atomic E-state index is 0.0175. The van der Waals surface area contributed by atoms with E-state index in [0.717, 1.165) is 17.3 Å². The highest BCUT2D eigenvalue weighted by Gasteiger charge is 2.33. The Balaban J connectivity index is 2.16. The molecule has 0 aromatic heterocycles. The number of aliphatic carboxylic acids is 1. The van der Waals surface area contributed by atoms with Crippen molar-refractivity contribution >= 4 is 43.7 Å². The van der Waals surface area contributed by atoms with Crippen LogP contribution in [0.2, 0.25) is 0 Å². The fourth-order valence-electron chi connectivity index (χ4n) is 1.87. The van der Waals surface area contributed by atoms with Gasteiger partial charge in [-0.3, -0.25) is 9.59 Å². The molecule has 2 rings (SSSR count). The number of carboxylic acid groups (broad SMARTS) is 1. The molecule has 1 N–H and O–H groups in total. The van der Waals surface area contributed by atoms with E-state index >= 15 is 0 Å². The molecule has 102 valence electrons. The quantitative estimate of drug-likeness (QED) is 0.839. The monoisotopic (exact) mass is 389 g/mol. The Hall–Kier alpha value is -0.880. The molecule has 0 unspecified atom stereocenters. The topological polar surface area (TPSA) is 57.6 Å². The number of amides is 1. The van der Waals surface area contributed by atoms with Crippen molar-refractivity contribution < 1.29 is 14.7 Å². The summed E-state index contributed by atoms with van der Waals surface area (Å²) in [6.07, 6.45) is 1.90. The van der Waals surface area contributed by atoms with Crippen LogP contribution in [0.25, 0.3) is 0 Å². The highest BCUT2D eigenvalue weighted by molar-refractivity contribution is 9.11. The molecule has 6 heteroatoms. The van der Waals surface area contributed by atoms with Gasteiger partial charge in [0.15, 0.2) is 0 Å². The number of benzene rings is 1. The Bertz CT molecular complexity index is 515. The number of rotatable bonds is 5.